The summed E-state index contributed by atoms with van der Waals surface area (Å²) >= 11 is 0. The van der Waals surface area contributed by atoms with Gasteiger partial charge in [-0.05, 0) is 65.3 Å². The van der Waals surface area contributed by atoms with E-state index in [9.17, 15) is 0 Å². The summed E-state index contributed by atoms with van der Waals surface area (Å²) in [4.78, 5) is 2.40. The third-order valence-corrected chi connectivity index (χ3v) is 12.8. The average Bonchev–Trinajstić information content (AvgIpc) is 2.55. The normalized spacial score (nSPS) is 22.5. The molecule has 1 aliphatic heterocycles. The van der Waals surface area contributed by atoms with Gasteiger partial charge in [0.25, 0.3) is 0 Å². The van der Waals surface area contributed by atoms with Crippen LogP contribution >= 0.6 is 0 Å². The topological polar surface area (TPSA) is 33.7 Å². The van der Waals surface area contributed by atoms with Crippen molar-refractivity contribution >= 4 is 25.2 Å². The van der Waals surface area contributed by atoms with Crippen molar-refractivity contribution in [2.24, 2.45) is 0 Å². The molecule has 1 unspecified atom stereocenters. The van der Waals surface area contributed by atoms with Crippen LogP contribution in [0.2, 0.25) is 51.9 Å². The lowest BCUT2D eigenvalue weighted by atomic mass is 10.4. The molecule has 0 aromatic carbocycles. The van der Waals surface area contributed by atoms with Gasteiger partial charge in [-0.2, -0.15) is 0 Å². The summed E-state index contributed by atoms with van der Waals surface area (Å²) in [5.74, 6) is 0. The van der Waals surface area contributed by atoms with Crippen LogP contribution in [0.1, 0.15) is 6.42 Å². The first-order chi connectivity index (χ1) is 8.90. The van der Waals surface area contributed by atoms with Crippen LogP contribution < -0.4 is 5.32 Å². The Morgan fingerprint density at radius 2 is 1.50 bits per heavy atom. The van der Waals surface area contributed by atoms with Gasteiger partial charge in [-0.3, -0.25) is 4.90 Å². The van der Waals surface area contributed by atoms with Crippen LogP contribution in [0.4, 0.5) is 0 Å². The van der Waals surface area contributed by atoms with Gasteiger partial charge < -0.3 is 13.5 Å². The van der Waals surface area contributed by atoms with E-state index in [1.165, 1.54) is 0 Å². The highest BCUT2D eigenvalue weighted by Gasteiger charge is 2.40. The second kappa shape index (κ2) is 6.72. The van der Waals surface area contributed by atoms with E-state index in [0.717, 1.165) is 25.6 Å². The van der Waals surface area contributed by atoms with Crippen molar-refractivity contribution in [3.63, 3.8) is 0 Å². The smallest absolute Gasteiger partial charge is 0.314 e. The third kappa shape index (κ3) is 6.97. The molecular formula is C13H34N2O2Si3. The van der Waals surface area contributed by atoms with Gasteiger partial charge in [0.1, 0.15) is 0 Å². The SMILES string of the molecule is CN1CCNC1CC[Si](C)(O[Si](C)(C)C)O[Si](C)(C)C. The fraction of sp³-hybridized carbons (Fsp3) is 1.00. The van der Waals surface area contributed by atoms with Crippen molar-refractivity contribution < 1.29 is 8.23 Å². The van der Waals surface area contributed by atoms with E-state index in [4.69, 9.17) is 8.23 Å². The molecule has 0 aromatic rings. The minimum atomic E-state index is -2.06. The lowest BCUT2D eigenvalue weighted by molar-refractivity contribution is 0.278. The quantitative estimate of drug-likeness (QED) is 0.726. The van der Waals surface area contributed by atoms with E-state index in [0.29, 0.717) is 6.17 Å². The summed E-state index contributed by atoms with van der Waals surface area (Å²) < 4.78 is 13.1. The molecule has 1 N–H and O–H groups in total. The van der Waals surface area contributed by atoms with Crippen molar-refractivity contribution in [3.8, 4) is 0 Å². The molecule has 0 radical (unpaired) electrons. The molecule has 0 bridgehead atoms. The van der Waals surface area contributed by atoms with Gasteiger partial charge in [-0.1, -0.05) is 0 Å². The van der Waals surface area contributed by atoms with Gasteiger partial charge in [0.05, 0.1) is 6.17 Å². The average molecular weight is 335 g/mol. The van der Waals surface area contributed by atoms with Crippen molar-refractivity contribution in [2.45, 2.75) is 64.5 Å². The molecule has 4 nitrogen and oxygen atoms in total. The van der Waals surface area contributed by atoms with E-state index in [1.54, 1.807) is 0 Å². The molecule has 1 fully saturated rings. The monoisotopic (exact) mass is 334 g/mol. The lowest BCUT2D eigenvalue weighted by Crippen LogP contribution is -2.53. The summed E-state index contributed by atoms with van der Waals surface area (Å²) in [6.45, 7) is 18.1. The molecule has 0 saturated carbocycles. The van der Waals surface area contributed by atoms with Crippen LogP contribution in [0.5, 0.6) is 0 Å². The van der Waals surface area contributed by atoms with Crippen molar-refractivity contribution in [1.29, 1.82) is 0 Å². The summed E-state index contributed by atoms with van der Waals surface area (Å²) in [7, 11) is -2.99. The maximum Gasteiger partial charge on any atom is 0.314 e. The Morgan fingerprint density at radius 1 is 1.00 bits per heavy atom. The number of rotatable bonds is 7. The molecule has 1 atom stereocenters. The first-order valence-corrected chi connectivity index (χ1v) is 17.1. The Labute approximate surface area is 128 Å². The predicted octanol–water partition coefficient (Wildman–Crippen LogP) is 3.01. The van der Waals surface area contributed by atoms with Gasteiger partial charge in [-0.25, -0.2) is 0 Å². The Bertz CT molecular complexity index is 300. The molecule has 20 heavy (non-hydrogen) atoms. The largest absolute Gasteiger partial charge is 0.437 e. The van der Waals surface area contributed by atoms with E-state index in [1.807, 2.05) is 0 Å². The van der Waals surface area contributed by atoms with E-state index in [-0.39, 0.29) is 0 Å². The summed E-state index contributed by atoms with van der Waals surface area (Å²) in [6.07, 6.45) is 1.63. The van der Waals surface area contributed by atoms with Gasteiger partial charge >= 0.3 is 8.56 Å². The highest BCUT2D eigenvalue weighted by Crippen LogP contribution is 2.26. The van der Waals surface area contributed by atoms with Crippen LogP contribution in [-0.4, -0.2) is 56.4 Å². The molecule has 0 spiro atoms. The summed E-state index contributed by atoms with van der Waals surface area (Å²) in [6, 6.07) is 1.09. The Balaban J connectivity index is 2.66. The standard InChI is InChI=1S/C13H34N2O2Si3/c1-15-11-10-14-13(15)9-12-20(8,16-18(2,3)4)17-19(5,6)7/h13-14H,9-12H2,1-8H3. The molecule has 1 aliphatic rings. The predicted molar refractivity (Wildman–Crippen MR) is 94.3 cm³/mol. The number of likely N-dealkylation sites (N-methyl/N-ethyl adjacent to an activating group) is 1. The number of hydrogen-bond donors (Lipinski definition) is 1. The fourth-order valence-corrected chi connectivity index (χ4v) is 15.4. The van der Waals surface area contributed by atoms with Gasteiger partial charge in [0, 0.05) is 13.1 Å². The molecular weight excluding hydrogens is 300 g/mol. The lowest BCUT2D eigenvalue weighted by Gasteiger charge is -2.39. The first-order valence-electron chi connectivity index (χ1n) is 7.74. The maximum absolute atomic E-state index is 6.54. The van der Waals surface area contributed by atoms with E-state index < -0.39 is 25.2 Å². The first kappa shape index (κ1) is 18.5. The number of nitrogens with zero attached hydrogens (tertiary/aromatic N) is 1. The third-order valence-electron chi connectivity index (χ3n) is 3.29. The molecule has 0 aliphatic carbocycles. The highest BCUT2D eigenvalue weighted by atomic mass is 28.5. The van der Waals surface area contributed by atoms with Crippen LogP contribution in [0.25, 0.3) is 0 Å². The molecule has 7 heteroatoms. The molecule has 0 aromatic heterocycles. The molecule has 120 valence electrons. The zero-order chi connectivity index (χ0) is 15.6. The molecule has 1 heterocycles. The van der Waals surface area contributed by atoms with Gasteiger partial charge in [0.15, 0.2) is 16.6 Å². The van der Waals surface area contributed by atoms with Crippen LogP contribution in [0.3, 0.4) is 0 Å². The van der Waals surface area contributed by atoms with Crippen molar-refractivity contribution in [1.82, 2.24) is 10.2 Å². The van der Waals surface area contributed by atoms with Crippen LogP contribution in [0.15, 0.2) is 0 Å². The minimum Gasteiger partial charge on any atom is -0.437 e. The zero-order valence-electron chi connectivity index (χ0n) is 14.7. The van der Waals surface area contributed by atoms with Gasteiger partial charge in [0.2, 0.25) is 0 Å². The minimum absolute atomic E-state index is 0.497. The molecule has 1 rings (SSSR count). The second-order valence-corrected chi connectivity index (χ2v) is 20.9. The van der Waals surface area contributed by atoms with Crippen molar-refractivity contribution in [2.75, 3.05) is 20.1 Å². The fourth-order valence-electron chi connectivity index (χ4n) is 2.86. The van der Waals surface area contributed by atoms with Crippen LogP contribution in [0, 0.1) is 0 Å². The number of hydrogen-bond acceptors (Lipinski definition) is 4. The Hall–Kier alpha value is 0.491. The zero-order valence-corrected chi connectivity index (χ0v) is 17.7. The highest BCUT2D eigenvalue weighted by molar-refractivity contribution is 6.87. The number of nitrogens with one attached hydrogen (secondary N) is 1. The summed E-state index contributed by atoms with van der Waals surface area (Å²) in [5.41, 5.74) is 0. The van der Waals surface area contributed by atoms with E-state index in [2.05, 4.69) is 63.1 Å². The van der Waals surface area contributed by atoms with E-state index >= 15 is 0 Å². The molecule has 1 saturated heterocycles. The van der Waals surface area contributed by atoms with Gasteiger partial charge in [-0.15, -0.1) is 0 Å². The van der Waals surface area contributed by atoms with Crippen molar-refractivity contribution in [3.05, 3.63) is 0 Å². The maximum atomic E-state index is 6.54. The van der Waals surface area contributed by atoms with Crippen LogP contribution in [-0.2, 0) is 8.23 Å². The Morgan fingerprint density at radius 3 is 1.85 bits per heavy atom. The molecule has 0 amide bonds. The second-order valence-electron chi connectivity index (χ2n) is 8.05. The Kier molecular flexibility index (Phi) is 6.23. The summed E-state index contributed by atoms with van der Waals surface area (Å²) in [5, 5.41) is 3.56.